The van der Waals surface area contributed by atoms with Crippen LogP contribution >= 0.6 is 0 Å². The maximum atomic E-state index is 13.5. The predicted molar refractivity (Wildman–Crippen MR) is 146 cm³/mol. The van der Waals surface area contributed by atoms with Gasteiger partial charge in [-0.1, -0.05) is 36.4 Å². The van der Waals surface area contributed by atoms with Crippen LogP contribution in [-0.4, -0.2) is 22.4 Å². The largest absolute Gasteiger partial charge is 0.455 e. The summed E-state index contributed by atoms with van der Waals surface area (Å²) in [6.45, 7) is 1.80. The van der Waals surface area contributed by atoms with Gasteiger partial charge >= 0.3 is 5.91 Å². The number of hydrogen-bond acceptors (Lipinski definition) is 7. The Hall–Kier alpha value is -5.25. The molecule has 0 aliphatic heterocycles. The van der Waals surface area contributed by atoms with E-state index in [0.717, 1.165) is 17.8 Å². The minimum atomic E-state index is -0.528. The molecule has 0 saturated carbocycles. The number of rotatable bonds is 7. The number of nitrogens with zero attached hydrogens (tertiary/aromatic N) is 3. The van der Waals surface area contributed by atoms with Gasteiger partial charge < -0.3 is 4.42 Å². The summed E-state index contributed by atoms with van der Waals surface area (Å²) in [6, 6.07) is 24.2. The highest BCUT2D eigenvalue weighted by molar-refractivity contribution is 6.07. The molecule has 1 aliphatic carbocycles. The van der Waals surface area contributed by atoms with Crippen LogP contribution < -0.4 is 15.9 Å². The number of nitro groups is 1. The summed E-state index contributed by atoms with van der Waals surface area (Å²) >= 11 is 0. The lowest BCUT2D eigenvalue weighted by molar-refractivity contribution is -0.384. The maximum absolute atomic E-state index is 13.5. The molecule has 4 aromatic rings. The SMILES string of the molecule is Cc1c(C(=O)NN(c2ccccc2)c2ccccc2)oc2c1/C(=N/NC(=O)c1ccc([N+](=O)[O-])cc1)CCC2. The monoisotopic (exact) mass is 523 g/mol. The quantitative estimate of drug-likeness (QED) is 0.245. The van der Waals surface area contributed by atoms with Crippen molar-refractivity contribution < 1.29 is 18.9 Å². The molecular weight excluding hydrogens is 498 g/mol. The summed E-state index contributed by atoms with van der Waals surface area (Å²) in [5.41, 5.74) is 9.13. The Kier molecular flexibility index (Phi) is 7.17. The number of anilines is 2. The molecule has 2 N–H and O–H groups in total. The molecule has 0 radical (unpaired) electrons. The van der Waals surface area contributed by atoms with Crippen LogP contribution in [0.2, 0.25) is 0 Å². The van der Waals surface area contributed by atoms with Crippen LogP contribution in [0.4, 0.5) is 17.1 Å². The first-order valence-corrected chi connectivity index (χ1v) is 12.4. The van der Waals surface area contributed by atoms with Gasteiger partial charge in [0.05, 0.1) is 22.0 Å². The van der Waals surface area contributed by atoms with Crippen molar-refractivity contribution in [3.8, 4) is 0 Å². The second-order valence-corrected chi connectivity index (χ2v) is 8.96. The van der Waals surface area contributed by atoms with Gasteiger partial charge in [0.25, 0.3) is 11.6 Å². The lowest BCUT2D eigenvalue weighted by atomic mass is 9.93. The molecule has 10 nitrogen and oxygen atoms in total. The van der Waals surface area contributed by atoms with Gasteiger partial charge in [0, 0.05) is 35.2 Å². The number of amides is 2. The molecule has 0 bridgehead atoms. The fraction of sp³-hybridized carbons (Fsp3) is 0.138. The zero-order valence-corrected chi connectivity index (χ0v) is 21.1. The van der Waals surface area contributed by atoms with Gasteiger partial charge in [-0.15, -0.1) is 0 Å². The number of aryl methyl sites for hydroxylation is 1. The van der Waals surface area contributed by atoms with Crippen molar-refractivity contribution >= 4 is 34.6 Å². The average Bonchev–Trinajstić information content (AvgIpc) is 3.32. The minimum absolute atomic E-state index is 0.104. The molecule has 0 atom stereocenters. The van der Waals surface area contributed by atoms with Crippen molar-refractivity contribution in [2.75, 3.05) is 5.01 Å². The van der Waals surface area contributed by atoms with E-state index in [1.807, 2.05) is 60.7 Å². The molecular formula is C29H25N5O5. The van der Waals surface area contributed by atoms with Gasteiger partial charge in [-0.25, -0.2) is 5.43 Å². The molecule has 0 saturated heterocycles. The van der Waals surface area contributed by atoms with Crippen molar-refractivity contribution in [3.63, 3.8) is 0 Å². The lowest BCUT2D eigenvalue weighted by Crippen LogP contribution is -2.39. The number of carbonyl (C=O) groups excluding carboxylic acids is 2. The maximum Gasteiger partial charge on any atom is 0.306 e. The van der Waals surface area contributed by atoms with Crippen LogP contribution in [0, 0.1) is 17.0 Å². The highest BCUT2D eigenvalue weighted by Crippen LogP contribution is 2.31. The first-order valence-electron chi connectivity index (χ1n) is 12.4. The van der Waals surface area contributed by atoms with Crippen molar-refractivity contribution in [2.24, 2.45) is 5.10 Å². The molecule has 0 fully saturated rings. The Bertz CT molecular complexity index is 1510. The van der Waals surface area contributed by atoms with Crippen molar-refractivity contribution in [3.05, 3.63) is 123 Å². The second kappa shape index (κ2) is 11.0. The predicted octanol–water partition coefficient (Wildman–Crippen LogP) is 5.45. The Morgan fingerprint density at radius 1 is 0.897 bits per heavy atom. The number of nitro benzene ring substituents is 1. The van der Waals surface area contributed by atoms with Crippen LogP contribution in [0.3, 0.4) is 0 Å². The van der Waals surface area contributed by atoms with E-state index in [0.29, 0.717) is 35.4 Å². The third kappa shape index (κ3) is 5.40. The number of furan rings is 1. The standard InChI is InChI=1S/C29H25N5O5/c1-19-26-24(30-31-28(35)20-15-17-23(18-16-20)34(37)38)13-8-14-25(26)39-27(19)29(36)32-33(21-9-4-2-5-10-21)22-11-6-3-7-12-22/h2-7,9-12,15-18H,8,13-14H2,1H3,(H,31,35)(H,32,36)/b30-24+. The van der Waals surface area contributed by atoms with E-state index in [2.05, 4.69) is 16.0 Å². The Balaban J connectivity index is 1.38. The number of carbonyl (C=O) groups is 2. The Morgan fingerprint density at radius 3 is 2.10 bits per heavy atom. The Morgan fingerprint density at radius 2 is 1.51 bits per heavy atom. The van der Waals surface area contributed by atoms with E-state index < -0.39 is 16.7 Å². The third-order valence-electron chi connectivity index (χ3n) is 6.41. The molecule has 1 aromatic heterocycles. The second-order valence-electron chi connectivity index (χ2n) is 8.96. The smallest absolute Gasteiger partial charge is 0.306 e. The normalized spacial score (nSPS) is 13.4. The van der Waals surface area contributed by atoms with Gasteiger partial charge in [0.1, 0.15) is 5.76 Å². The zero-order valence-electron chi connectivity index (χ0n) is 21.1. The topological polar surface area (TPSA) is 130 Å². The number of hydrogen-bond donors (Lipinski definition) is 2. The third-order valence-corrected chi connectivity index (χ3v) is 6.41. The number of fused-ring (bicyclic) bond motifs is 1. The van der Waals surface area contributed by atoms with Crippen LogP contribution in [0.15, 0.2) is 94.4 Å². The molecule has 1 aliphatic rings. The van der Waals surface area contributed by atoms with Crippen LogP contribution in [0.25, 0.3) is 0 Å². The molecule has 0 spiro atoms. The lowest BCUT2D eigenvalue weighted by Gasteiger charge is -2.25. The summed E-state index contributed by atoms with van der Waals surface area (Å²) in [4.78, 5) is 36.4. The number of nitrogens with one attached hydrogen (secondary N) is 2. The summed E-state index contributed by atoms with van der Waals surface area (Å²) in [7, 11) is 0. The van der Waals surface area contributed by atoms with E-state index in [1.165, 1.54) is 24.3 Å². The molecule has 0 unspecified atom stereocenters. The highest BCUT2D eigenvalue weighted by Gasteiger charge is 2.29. The molecule has 1 heterocycles. The summed E-state index contributed by atoms with van der Waals surface area (Å²) in [6.07, 6.45) is 1.97. The molecule has 5 rings (SSSR count). The first kappa shape index (κ1) is 25.4. The van der Waals surface area contributed by atoms with E-state index in [-0.39, 0.29) is 17.0 Å². The Labute approximate surface area is 224 Å². The van der Waals surface area contributed by atoms with Crippen LogP contribution in [-0.2, 0) is 6.42 Å². The van der Waals surface area contributed by atoms with Crippen molar-refractivity contribution in [2.45, 2.75) is 26.2 Å². The van der Waals surface area contributed by atoms with Gasteiger partial charge in [0.15, 0.2) is 5.76 Å². The fourth-order valence-electron chi connectivity index (χ4n) is 4.50. The molecule has 196 valence electrons. The van der Waals surface area contributed by atoms with Crippen molar-refractivity contribution in [1.82, 2.24) is 10.9 Å². The number of hydrazine groups is 1. The van der Waals surface area contributed by atoms with Gasteiger partial charge in [-0.2, -0.15) is 5.10 Å². The van der Waals surface area contributed by atoms with Crippen LogP contribution in [0.1, 0.15) is 50.6 Å². The molecule has 3 aromatic carbocycles. The number of hydrazone groups is 1. The molecule has 39 heavy (non-hydrogen) atoms. The number of para-hydroxylation sites is 2. The van der Waals surface area contributed by atoms with E-state index in [1.54, 1.807) is 11.9 Å². The molecule has 2 amide bonds. The zero-order chi connectivity index (χ0) is 27.4. The summed E-state index contributed by atoms with van der Waals surface area (Å²) in [5, 5.41) is 16.9. The first-order chi connectivity index (χ1) is 18.9. The summed E-state index contributed by atoms with van der Waals surface area (Å²) in [5.74, 6) is -0.0970. The minimum Gasteiger partial charge on any atom is -0.455 e. The number of non-ortho nitro benzene ring substituents is 1. The highest BCUT2D eigenvalue weighted by atomic mass is 16.6. The van der Waals surface area contributed by atoms with E-state index in [4.69, 9.17) is 4.42 Å². The van der Waals surface area contributed by atoms with E-state index >= 15 is 0 Å². The van der Waals surface area contributed by atoms with Gasteiger partial charge in [-0.3, -0.25) is 30.1 Å². The van der Waals surface area contributed by atoms with Gasteiger partial charge in [0.2, 0.25) is 0 Å². The van der Waals surface area contributed by atoms with Gasteiger partial charge in [-0.05, 0) is 56.2 Å². The summed E-state index contributed by atoms with van der Waals surface area (Å²) < 4.78 is 6.03. The van der Waals surface area contributed by atoms with Crippen molar-refractivity contribution in [1.29, 1.82) is 0 Å². The fourth-order valence-corrected chi connectivity index (χ4v) is 4.50. The number of benzene rings is 3. The van der Waals surface area contributed by atoms with Crippen LogP contribution in [0.5, 0.6) is 0 Å². The average molecular weight is 524 g/mol. The molecule has 10 heteroatoms. The van der Waals surface area contributed by atoms with E-state index in [9.17, 15) is 19.7 Å².